The minimum atomic E-state index is -0.0531. The number of hydrogen-bond donors (Lipinski definition) is 0. The van der Waals surface area contributed by atoms with Gasteiger partial charge in [0.2, 0.25) is 0 Å². The van der Waals surface area contributed by atoms with Gasteiger partial charge in [0.15, 0.2) is 5.78 Å². The van der Waals surface area contributed by atoms with Gasteiger partial charge in [-0.1, -0.05) is 12.1 Å². The number of hydrogen-bond acceptors (Lipinski definition) is 4. The van der Waals surface area contributed by atoms with E-state index < -0.39 is 0 Å². The summed E-state index contributed by atoms with van der Waals surface area (Å²) in [6, 6.07) is 5.92. The molecule has 23 heavy (non-hydrogen) atoms. The van der Waals surface area contributed by atoms with Gasteiger partial charge in [-0.2, -0.15) is 10.2 Å². The van der Waals surface area contributed by atoms with Crippen LogP contribution in [0.25, 0.3) is 11.8 Å². The highest BCUT2D eigenvalue weighted by Crippen LogP contribution is 2.16. The summed E-state index contributed by atoms with van der Waals surface area (Å²) in [5.74, 6) is -0.0531. The summed E-state index contributed by atoms with van der Waals surface area (Å²) in [4.78, 5) is 16.1. The normalized spacial score (nSPS) is 11.2. The summed E-state index contributed by atoms with van der Waals surface area (Å²) >= 11 is 0. The fraction of sp³-hybridized carbons (Fsp3) is 0.176. The van der Waals surface area contributed by atoms with E-state index in [1.54, 1.807) is 34.2 Å². The highest BCUT2D eigenvalue weighted by molar-refractivity contribution is 6.06. The van der Waals surface area contributed by atoms with E-state index in [4.69, 9.17) is 0 Å². The Morgan fingerprint density at radius 2 is 2.17 bits per heavy atom. The number of rotatable bonds is 5. The minimum Gasteiger partial charge on any atom is -0.289 e. The summed E-state index contributed by atoms with van der Waals surface area (Å²) in [5.41, 5.74) is 3.58. The molecule has 0 saturated heterocycles. The fourth-order valence-corrected chi connectivity index (χ4v) is 2.30. The lowest BCUT2D eigenvalue weighted by molar-refractivity contribution is 0.104. The third kappa shape index (κ3) is 3.26. The highest BCUT2D eigenvalue weighted by atomic mass is 16.1. The van der Waals surface area contributed by atoms with E-state index in [1.807, 2.05) is 38.1 Å². The summed E-state index contributed by atoms with van der Waals surface area (Å²) < 4.78 is 3.45. The first kappa shape index (κ1) is 14.9. The van der Waals surface area contributed by atoms with Crippen LogP contribution in [0.3, 0.4) is 0 Å². The zero-order valence-electron chi connectivity index (χ0n) is 13.0. The van der Waals surface area contributed by atoms with Crippen molar-refractivity contribution in [1.82, 2.24) is 24.5 Å². The van der Waals surface area contributed by atoms with Crippen molar-refractivity contribution in [1.29, 1.82) is 0 Å². The molecule has 0 spiro atoms. The van der Waals surface area contributed by atoms with Gasteiger partial charge in [-0.3, -0.25) is 9.48 Å². The number of benzene rings is 1. The number of carbonyl (C=O) groups excluding carboxylic acids is 1. The predicted molar refractivity (Wildman–Crippen MR) is 87.4 cm³/mol. The third-order valence-electron chi connectivity index (χ3n) is 3.56. The maximum absolute atomic E-state index is 12.1. The van der Waals surface area contributed by atoms with E-state index in [2.05, 4.69) is 15.2 Å². The van der Waals surface area contributed by atoms with E-state index in [1.165, 1.54) is 6.33 Å². The lowest BCUT2D eigenvalue weighted by Crippen LogP contribution is -1.97. The van der Waals surface area contributed by atoms with Crippen LogP contribution in [0.2, 0.25) is 0 Å². The maximum Gasteiger partial charge on any atom is 0.189 e. The van der Waals surface area contributed by atoms with Crippen LogP contribution in [0.4, 0.5) is 0 Å². The summed E-state index contributed by atoms with van der Waals surface area (Å²) in [7, 11) is 0. The van der Waals surface area contributed by atoms with Crippen LogP contribution < -0.4 is 0 Å². The van der Waals surface area contributed by atoms with E-state index in [-0.39, 0.29) is 5.78 Å². The van der Waals surface area contributed by atoms with Gasteiger partial charge in [-0.05, 0) is 43.2 Å². The maximum atomic E-state index is 12.1. The van der Waals surface area contributed by atoms with Crippen molar-refractivity contribution in [2.45, 2.75) is 20.4 Å². The van der Waals surface area contributed by atoms with Gasteiger partial charge in [0, 0.05) is 12.7 Å². The van der Waals surface area contributed by atoms with E-state index in [0.29, 0.717) is 5.56 Å². The molecule has 6 nitrogen and oxygen atoms in total. The van der Waals surface area contributed by atoms with Crippen LogP contribution in [0.15, 0.2) is 49.3 Å². The molecule has 0 N–H and O–H groups in total. The quantitative estimate of drug-likeness (QED) is 0.537. The lowest BCUT2D eigenvalue weighted by atomic mass is 10.1. The monoisotopic (exact) mass is 307 g/mol. The van der Waals surface area contributed by atoms with Gasteiger partial charge < -0.3 is 0 Å². The second kappa shape index (κ2) is 6.39. The third-order valence-corrected chi connectivity index (χ3v) is 3.56. The van der Waals surface area contributed by atoms with Gasteiger partial charge in [0.1, 0.15) is 12.7 Å². The average Bonchev–Trinajstić information content (AvgIpc) is 3.24. The number of aryl methyl sites for hydroxylation is 2. The number of aromatic nitrogens is 5. The van der Waals surface area contributed by atoms with Gasteiger partial charge >= 0.3 is 0 Å². The van der Waals surface area contributed by atoms with Gasteiger partial charge in [-0.15, -0.1) is 0 Å². The highest BCUT2D eigenvalue weighted by Gasteiger charge is 2.05. The largest absolute Gasteiger partial charge is 0.289 e. The molecule has 0 bridgehead atoms. The Balaban J connectivity index is 1.77. The molecule has 2 aromatic heterocycles. The Kier molecular flexibility index (Phi) is 4.14. The molecule has 0 aliphatic rings. The number of carbonyl (C=O) groups is 1. The number of allylic oxidation sites excluding steroid dienone is 1. The molecule has 0 aliphatic heterocycles. The molecule has 0 fully saturated rings. The molecule has 3 aromatic rings. The van der Waals surface area contributed by atoms with Crippen molar-refractivity contribution in [3.8, 4) is 5.69 Å². The van der Waals surface area contributed by atoms with Crippen LogP contribution >= 0.6 is 0 Å². The Morgan fingerprint density at radius 3 is 2.83 bits per heavy atom. The summed E-state index contributed by atoms with van der Waals surface area (Å²) in [6.45, 7) is 4.73. The van der Waals surface area contributed by atoms with Crippen LogP contribution in [-0.4, -0.2) is 30.3 Å². The summed E-state index contributed by atoms with van der Waals surface area (Å²) in [5, 5.41) is 8.24. The molecule has 0 unspecified atom stereocenters. The summed E-state index contributed by atoms with van der Waals surface area (Å²) in [6.07, 6.45) is 9.89. The zero-order chi connectivity index (χ0) is 16.2. The first-order valence-corrected chi connectivity index (χ1v) is 7.38. The molecule has 6 heteroatoms. The van der Waals surface area contributed by atoms with E-state index in [0.717, 1.165) is 23.4 Å². The molecule has 3 rings (SSSR count). The smallest absolute Gasteiger partial charge is 0.189 e. The van der Waals surface area contributed by atoms with Crippen molar-refractivity contribution < 1.29 is 4.79 Å². The first-order valence-electron chi connectivity index (χ1n) is 7.38. The van der Waals surface area contributed by atoms with Crippen molar-refractivity contribution in [2.24, 2.45) is 0 Å². The Morgan fingerprint density at radius 1 is 1.30 bits per heavy atom. The van der Waals surface area contributed by atoms with Gasteiger partial charge in [-0.25, -0.2) is 9.67 Å². The van der Waals surface area contributed by atoms with Crippen molar-refractivity contribution in [3.63, 3.8) is 0 Å². The molecule has 0 saturated carbocycles. The number of ketones is 1. The second-order valence-electron chi connectivity index (χ2n) is 5.17. The Bertz CT molecular complexity index is 846. The molecule has 1 aromatic carbocycles. The molecule has 0 radical (unpaired) electrons. The molecule has 2 heterocycles. The molecule has 0 atom stereocenters. The van der Waals surface area contributed by atoms with Crippen molar-refractivity contribution >= 4 is 11.9 Å². The van der Waals surface area contributed by atoms with Crippen LogP contribution in [0.5, 0.6) is 0 Å². The van der Waals surface area contributed by atoms with Crippen LogP contribution in [0.1, 0.15) is 28.4 Å². The lowest BCUT2D eigenvalue weighted by Gasteiger charge is -2.05. The van der Waals surface area contributed by atoms with Gasteiger partial charge in [0.05, 0.1) is 17.4 Å². The zero-order valence-corrected chi connectivity index (χ0v) is 13.0. The topological polar surface area (TPSA) is 65.6 Å². The molecular weight excluding hydrogens is 290 g/mol. The fourth-order valence-electron chi connectivity index (χ4n) is 2.30. The standard InChI is InChI=1S/C17H17N5O/c1-3-21-10-15(9-19-21)17(23)7-5-14-4-6-16(13(2)8-14)22-12-18-11-20-22/h4-12H,3H2,1-2H3. The average molecular weight is 307 g/mol. The minimum absolute atomic E-state index is 0.0531. The molecular formula is C17H17N5O. The van der Waals surface area contributed by atoms with E-state index >= 15 is 0 Å². The molecule has 116 valence electrons. The first-order chi connectivity index (χ1) is 11.2. The van der Waals surface area contributed by atoms with Gasteiger partial charge in [0.25, 0.3) is 0 Å². The Hall–Kier alpha value is -3.02. The number of nitrogens with zero attached hydrogens (tertiary/aromatic N) is 5. The molecule has 0 aliphatic carbocycles. The van der Waals surface area contributed by atoms with Crippen molar-refractivity contribution in [3.05, 3.63) is 66.0 Å². The van der Waals surface area contributed by atoms with Crippen LogP contribution in [-0.2, 0) is 6.54 Å². The second-order valence-corrected chi connectivity index (χ2v) is 5.17. The predicted octanol–water partition coefficient (Wildman–Crippen LogP) is 2.69. The van der Waals surface area contributed by atoms with Crippen molar-refractivity contribution in [2.75, 3.05) is 0 Å². The molecule has 0 amide bonds. The van der Waals surface area contributed by atoms with Crippen LogP contribution in [0, 0.1) is 6.92 Å². The Labute approximate surface area is 134 Å². The SMILES string of the molecule is CCn1cc(C(=O)C=Cc2ccc(-n3cncn3)c(C)c2)cn1. The van der Waals surface area contributed by atoms with E-state index in [9.17, 15) is 4.79 Å².